The normalized spacial score (nSPS) is 12.4. The largest absolute Gasteiger partial charge is 0.329 e. The van der Waals surface area contributed by atoms with Crippen molar-refractivity contribution < 1.29 is 4.79 Å². The van der Waals surface area contributed by atoms with Crippen LogP contribution in [0.15, 0.2) is 89.7 Å². The lowest BCUT2D eigenvalue weighted by Crippen LogP contribution is -2.38. The fourth-order valence-corrected chi connectivity index (χ4v) is 4.49. The number of amides is 1. The highest BCUT2D eigenvalue weighted by Crippen LogP contribution is 2.26. The van der Waals surface area contributed by atoms with E-state index < -0.39 is 6.04 Å². The van der Waals surface area contributed by atoms with Crippen LogP contribution in [0.25, 0.3) is 22.7 Å². The monoisotopic (exact) mass is 479 g/mol. The number of aromatic nitrogens is 2. The number of nitrogens with zero attached hydrogens (tertiary/aromatic N) is 3. The Balaban J connectivity index is 1.87. The third-order valence-corrected chi connectivity index (χ3v) is 6.32. The molecule has 0 aliphatic heterocycles. The lowest BCUT2D eigenvalue weighted by Gasteiger charge is -2.31. The van der Waals surface area contributed by atoms with Crippen LogP contribution < -0.4 is 5.56 Å². The third kappa shape index (κ3) is 5.30. The second-order valence-corrected chi connectivity index (χ2v) is 9.41. The predicted octanol–water partition coefficient (Wildman–Crippen LogP) is 6.21. The SMILES string of the molecule is CCc1ccccc1-n1c(C(C)N(CC(C)C)C(=O)C=Cc2ccccc2)nc2ccccc2c1=O. The second kappa shape index (κ2) is 11.2. The highest BCUT2D eigenvalue weighted by atomic mass is 16.2. The molecule has 1 heterocycles. The number of hydrogen-bond acceptors (Lipinski definition) is 3. The second-order valence-electron chi connectivity index (χ2n) is 9.41. The van der Waals surface area contributed by atoms with E-state index in [0.29, 0.717) is 23.3 Å². The van der Waals surface area contributed by atoms with Gasteiger partial charge in [-0.2, -0.15) is 0 Å². The Bertz CT molecular complexity index is 1440. The smallest absolute Gasteiger partial charge is 0.266 e. The standard InChI is InChI=1S/C31H33N3O2/c1-5-25-15-9-12-18-28(25)34-30(32-27-17-11-10-16-26(27)31(34)36)23(4)33(21-22(2)3)29(35)20-19-24-13-7-6-8-14-24/h6-20,22-23H,5,21H2,1-4H3. The van der Waals surface area contributed by atoms with Gasteiger partial charge in [0.2, 0.25) is 5.91 Å². The van der Waals surface area contributed by atoms with E-state index >= 15 is 0 Å². The first-order chi connectivity index (χ1) is 17.4. The fraction of sp³-hybridized carbons (Fsp3) is 0.258. The summed E-state index contributed by atoms with van der Waals surface area (Å²) in [5, 5.41) is 0.560. The molecule has 0 aliphatic rings. The summed E-state index contributed by atoms with van der Waals surface area (Å²) in [5.74, 6) is 0.685. The molecule has 0 fully saturated rings. The molecule has 1 unspecified atom stereocenters. The first-order valence-corrected chi connectivity index (χ1v) is 12.5. The number of benzene rings is 3. The number of hydrogen-bond donors (Lipinski definition) is 0. The van der Waals surface area contributed by atoms with Crippen LogP contribution in [0.5, 0.6) is 0 Å². The first kappa shape index (κ1) is 25.1. The maximum Gasteiger partial charge on any atom is 0.266 e. The topological polar surface area (TPSA) is 55.2 Å². The Morgan fingerprint density at radius 1 is 0.944 bits per heavy atom. The molecule has 1 atom stereocenters. The van der Waals surface area contributed by atoms with Crippen molar-refractivity contribution in [1.29, 1.82) is 0 Å². The minimum absolute atomic E-state index is 0.113. The van der Waals surface area contributed by atoms with Gasteiger partial charge in [-0.05, 0) is 54.7 Å². The van der Waals surface area contributed by atoms with Crippen molar-refractivity contribution in [2.24, 2.45) is 5.92 Å². The first-order valence-electron chi connectivity index (χ1n) is 12.5. The third-order valence-electron chi connectivity index (χ3n) is 6.32. The quantitative estimate of drug-likeness (QED) is 0.283. The van der Waals surface area contributed by atoms with E-state index in [1.165, 1.54) is 0 Å². The van der Waals surface area contributed by atoms with E-state index in [1.54, 1.807) is 10.6 Å². The van der Waals surface area contributed by atoms with Gasteiger partial charge in [-0.1, -0.05) is 81.4 Å². The summed E-state index contributed by atoms with van der Waals surface area (Å²) in [6.45, 7) is 8.74. The molecule has 3 aromatic carbocycles. The zero-order valence-electron chi connectivity index (χ0n) is 21.4. The molecular weight excluding hydrogens is 446 g/mol. The van der Waals surface area contributed by atoms with Gasteiger partial charge in [0.15, 0.2) is 0 Å². The van der Waals surface area contributed by atoms with Crippen molar-refractivity contribution in [3.63, 3.8) is 0 Å². The summed E-state index contributed by atoms with van der Waals surface area (Å²) in [6.07, 6.45) is 4.21. The summed E-state index contributed by atoms with van der Waals surface area (Å²) in [6, 6.07) is 24.6. The molecule has 0 N–H and O–H groups in total. The highest BCUT2D eigenvalue weighted by molar-refractivity contribution is 5.92. The van der Waals surface area contributed by atoms with Crippen LogP contribution in [0.2, 0.25) is 0 Å². The van der Waals surface area contributed by atoms with Gasteiger partial charge in [0.05, 0.1) is 22.6 Å². The Labute approximate surface area is 212 Å². The van der Waals surface area contributed by atoms with E-state index in [-0.39, 0.29) is 17.4 Å². The molecule has 184 valence electrons. The van der Waals surface area contributed by atoms with E-state index in [2.05, 4.69) is 20.8 Å². The van der Waals surface area contributed by atoms with Crippen molar-refractivity contribution in [3.8, 4) is 5.69 Å². The van der Waals surface area contributed by atoms with Crippen LogP contribution in [0.3, 0.4) is 0 Å². The summed E-state index contributed by atoms with van der Waals surface area (Å²) >= 11 is 0. The Morgan fingerprint density at radius 2 is 1.61 bits per heavy atom. The van der Waals surface area contributed by atoms with Crippen molar-refractivity contribution in [1.82, 2.24) is 14.5 Å². The molecule has 1 amide bonds. The molecule has 1 aromatic heterocycles. The summed E-state index contributed by atoms with van der Waals surface area (Å²) in [7, 11) is 0. The molecule has 0 radical (unpaired) electrons. The van der Waals surface area contributed by atoms with Crippen molar-refractivity contribution in [2.45, 2.75) is 40.2 Å². The van der Waals surface area contributed by atoms with Gasteiger partial charge in [-0.15, -0.1) is 0 Å². The molecule has 36 heavy (non-hydrogen) atoms. The molecule has 4 aromatic rings. The molecule has 0 bridgehead atoms. The van der Waals surface area contributed by atoms with Gasteiger partial charge in [-0.25, -0.2) is 4.98 Å². The Kier molecular flexibility index (Phi) is 7.79. The van der Waals surface area contributed by atoms with E-state index in [4.69, 9.17) is 4.98 Å². The van der Waals surface area contributed by atoms with Crippen molar-refractivity contribution in [3.05, 3.63) is 112 Å². The van der Waals surface area contributed by atoms with Gasteiger partial charge in [0.25, 0.3) is 5.56 Å². The van der Waals surface area contributed by atoms with Gasteiger partial charge < -0.3 is 4.90 Å². The molecule has 0 saturated heterocycles. The van der Waals surface area contributed by atoms with Crippen LogP contribution in [0.4, 0.5) is 0 Å². The summed E-state index contributed by atoms with van der Waals surface area (Å²) in [5.41, 5.74) is 3.32. The number of fused-ring (bicyclic) bond motifs is 1. The molecule has 0 saturated carbocycles. The zero-order valence-corrected chi connectivity index (χ0v) is 21.4. The van der Waals surface area contributed by atoms with Crippen LogP contribution in [0.1, 0.15) is 50.7 Å². The van der Waals surface area contributed by atoms with Crippen LogP contribution in [-0.4, -0.2) is 26.9 Å². The number of aryl methyl sites for hydroxylation is 1. The number of carbonyl (C=O) groups is 1. The van der Waals surface area contributed by atoms with Gasteiger partial charge in [-0.3, -0.25) is 14.2 Å². The van der Waals surface area contributed by atoms with Gasteiger partial charge in [0.1, 0.15) is 5.82 Å². The van der Waals surface area contributed by atoms with Crippen molar-refractivity contribution in [2.75, 3.05) is 6.54 Å². The van der Waals surface area contributed by atoms with Crippen LogP contribution >= 0.6 is 0 Å². The number of carbonyl (C=O) groups excluding carboxylic acids is 1. The molecular formula is C31H33N3O2. The number of rotatable bonds is 8. The minimum Gasteiger partial charge on any atom is -0.329 e. The average molecular weight is 480 g/mol. The average Bonchev–Trinajstić information content (AvgIpc) is 2.90. The van der Waals surface area contributed by atoms with E-state index in [0.717, 1.165) is 23.2 Å². The van der Waals surface area contributed by atoms with E-state index in [9.17, 15) is 9.59 Å². The zero-order chi connectivity index (χ0) is 25.7. The Hall–Kier alpha value is -3.99. The molecule has 0 aliphatic carbocycles. The maximum atomic E-state index is 13.9. The molecule has 0 spiro atoms. The lowest BCUT2D eigenvalue weighted by molar-refractivity contribution is -0.128. The highest BCUT2D eigenvalue weighted by Gasteiger charge is 2.27. The van der Waals surface area contributed by atoms with Crippen LogP contribution in [0, 0.1) is 5.92 Å². The molecule has 5 heteroatoms. The van der Waals surface area contributed by atoms with Crippen LogP contribution in [-0.2, 0) is 11.2 Å². The summed E-state index contributed by atoms with van der Waals surface area (Å²) in [4.78, 5) is 34.1. The molecule has 5 nitrogen and oxygen atoms in total. The maximum absolute atomic E-state index is 13.9. The van der Waals surface area contributed by atoms with Crippen molar-refractivity contribution >= 4 is 22.9 Å². The van der Waals surface area contributed by atoms with E-state index in [1.807, 2.05) is 96.8 Å². The summed E-state index contributed by atoms with van der Waals surface area (Å²) < 4.78 is 1.70. The fourth-order valence-electron chi connectivity index (χ4n) is 4.49. The lowest BCUT2D eigenvalue weighted by atomic mass is 10.1. The number of para-hydroxylation sites is 2. The van der Waals surface area contributed by atoms with Gasteiger partial charge in [0, 0.05) is 12.6 Å². The minimum atomic E-state index is -0.428. The molecule has 4 rings (SSSR count). The Morgan fingerprint density at radius 3 is 2.33 bits per heavy atom. The predicted molar refractivity (Wildman–Crippen MR) is 147 cm³/mol. The van der Waals surface area contributed by atoms with Gasteiger partial charge >= 0.3 is 0 Å².